The maximum Gasteiger partial charge on any atom is 0.133 e. The van der Waals surface area contributed by atoms with E-state index in [9.17, 15) is 9.90 Å². The van der Waals surface area contributed by atoms with Crippen molar-refractivity contribution in [3.05, 3.63) is 11.6 Å². The van der Waals surface area contributed by atoms with E-state index < -0.39 is 5.60 Å². The van der Waals surface area contributed by atoms with Gasteiger partial charge >= 0.3 is 0 Å². The molecule has 0 aliphatic heterocycles. The molecule has 0 bridgehead atoms. The number of hydrogen-bond donors (Lipinski definition) is 1. The summed E-state index contributed by atoms with van der Waals surface area (Å²) in [6.45, 7) is 10.5. The minimum absolute atomic E-state index is 0.0673. The highest BCUT2D eigenvalue weighted by atomic mass is 16.3. The first kappa shape index (κ1) is 20.2. The maximum absolute atomic E-state index is 12.2. The van der Waals surface area contributed by atoms with Crippen molar-refractivity contribution >= 4 is 5.78 Å². The summed E-state index contributed by atoms with van der Waals surface area (Å²) in [5.41, 5.74) is 0.801. The van der Waals surface area contributed by atoms with Crippen LogP contribution in [-0.2, 0) is 4.79 Å². The van der Waals surface area contributed by atoms with Gasteiger partial charge in [0.05, 0.1) is 0 Å². The standard InChI is InChI=1S/C26H38O2/c1-17(27)22-8-9-23-21-7-6-18-16-26(28,15-14-24(2,3)4)13-11-19(18)20(21)10-12-25(22,23)5/h6,19-23,28H,7-13,16H2,1-5H3. The van der Waals surface area contributed by atoms with Gasteiger partial charge in [-0.2, -0.15) is 0 Å². The van der Waals surface area contributed by atoms with Crippen LogP contribution in [0.25, 0.3) is 0 Å². The Kier molecular flexibility index (Phi) is 4.86. The molecular formula is C26H38O2. The highest BCUT2D eigenvalue weighted by Gasteiger charge is 2.57. The number of aliphatic hydroxyl groups is 1. The number of ketones is 1. The summed E-state index contributed by atoms with van der Waals surface area (Å²) in [6.07, 6.45) is 11.0. The second-order valence-corrected chi connectivity index (χ2v) is 11.6. The van der Waals surface area contributed by atoms with Gasteiger partial charge in [0.15, 0.2) is 0 Å². The summed E-state index contributed by atoms with van der Waals surface area (Å²) in [7, 11) is 0. The first-order valence-electron chi connectivity index (χ1n) is 11.5. The number of rotatable bonds is 1. The van der Waals surface area contributed by atoms with Crippen LogP contribution in [0.3, 0.4) is 0 Å². The summed E-state index contributed by atoms with van der Waals surface area (Å²) in [5, 5.41) is 11.1. The molecule has 0 amide bonds. The van der Waals surface area contributed by atoms with Crippen LogP contribution in [0, 0.1) is 52.3 Å². The van der Waals surface area contributed by atoms with Gasteiger partial charge in [-0.25, -0.2) is 0 Å². The lowest BCUT2D eigenvalue weighted by Gasteiger charge is -2.54. The molecule has 2 nitrogen and oxygen atoms in total. The molecular weight excluding hydrogens is 344 g/mol. The third-order valence-corrected chi connectivity index (χ3v) is 8.66. The number of carbonyl (C=O) groups is 1. The Labute approximate surface area is 171 Å². The fourth-order valence-electron chi connectivity index (χ4n) is 7.37. The number of allylic oxidation sites excluding steroid dienone is 1. The van der Waals surface area contributed by atoms with Gasteiger partial charge in [-0.15, -0.1) is 0 Å². The Balaban J connectivity index is 1.55. The van der Waals surface area contributed by atoms with Crippen LogP contribution in [0.4, 0.5) is 0 Å². The van der Waals surface area contributed by atoms with Gasteiger partial charge in [0.25, 0.3) is 0 Å². The summed E-state index contributed by atoms with van der Waals surface area (Å²) >= 11 is 0. The monoisotopic (exact) mass is 382 g/mol. The summed E-state index contributed by atoms with van der Waals surface area (Å²) in [4.78, 5) is 12.2. The van der Waals surface area contributed by atoms with E-state index in [0.29, 0.717) is 17.6 Å². The average molecular weight is 383 g/mol. The Bertz CT molecular complexity index is 745. The van der Waals surface area contributed by atoms with Crippen LogP contribution in [-0.4, -0.2) is 16.5 Å². The minimum atomic E-state index is -0.835. The van der Waals surface area contributed by atoms with Gasteiger partial charge in [-0.05, 0) is 102 Å². The first-order chi connectivity index (χ1) is 13.0. The minimum Gasteiger partial charge on any atom is -0.377 e. The highest BCUT2D eigenvalue weighted by Crippen LogP contribution is 2.63. The van der Waals surface area contributed by atoms with Crippen molar-refractivity contribution in [1.29, 1.82) is 0 Å². The summed E-state index contributed by atoms with van der Waals surface area (Å²) in [6, 6.07) is 0. The Morgan fingerprint density at radius 1 is 1.14 bits per heavy atom. The number of hydrogen-bond acceptors (Lipinski definition) is 2. The highest BCUT2D eigenvalue weighted by molar-refractivity contribution is 5.79. The van der Waals surface area contributed by atoms with Crippen molar-refractivity contribution in [3.63, 3.8) is 0 Å². The van der Waals surface area contributed by atoms with E-state index in [1.54, 1.807) is 0 Å². The van der Waals surface area contributed by atoms with E-state index in [1.807, 2.05) is 6.92 Å². The molecule has 4 aliphatic rings. The normalized spacial score (nSPS) is 45.1. The van der Waals surface area contributed by atoms with Gasteiger partial charge in [-0.3, -0.25) is 4.79 Å². The lowest BCUT2D eigenvalue weighted by atomic mass is 9.51. The quantitative estimate of drug-likeness (QED) is 0.477. The van der Waals surface area contributed by atoms with E-state index >= 15 is 0 Å². The van der Waals surface area contributed by atoms with Gasteiger partial charge in [0, 0.05) is 17.8 Å². The van der Waals surface area contributed by atoms with Gasteiger partial charge in [0.1, 0.15) is 11.4 Å². The Morgan fingerprint density at radius 3 is 2.57 bits per heavy atom. The molecule has 7 atom stereocenters. The number of Topliss-reactive ketones (excluding diaryl/α,β-unsaturated/α-hetero) is 1. The fraction of sp³-hybridized carbons (Fsp3) is 0.808. The molecule has 28 heavy (non-hydrogen) atoms. The maximum atomic E-state index is 12.2. The molecule has 7 unspecified atom stereocenters. The molecule has 154 valence electrons. The van der Waals surface area contributed by atoms with Crippen molar-refractivity contribution in [2.45, 2.75) is 91.6 Å². The van der Waals surface area contributed by atoms with Crippen molar-refractivity contribution < 1.29 is 9.90 Å². The zero-order valence-electron chi connectivity index (χ0n) is 18.5. The predicted octanol–water partition coefficient (Wildman–Crippen LogP) is 5.54. The Hall–Kier alpha value is -1.07. The molecule has 4 rings (SSSR count). The zero-order valence-corrected chi connectivity index (χ0v) is 18.5. The molecule has 0 spiro atoms. The zero-order chi connectivity index (χ0) is 20.3. The Morgan fingerprint density at radius 2 is 1.89 bits per heavy atom. The molecule has 0 saturated heterocycles. The molecule has 1 N–H and O–H groups in total. The predicted molar refractivity (Wildman–Crippen MR) is 113 cm³/mol. The molecule has 3 fully saturated rings. The van der Waals surface area contributed by atoms with E-state index in [-0.39, 0.29) is 16.7 Å². The number of fused-ring (bicyclic) bond motifs is 5. The van der Waals surface area contributed by atoms with Crippen LogP contribution in [0.1, 0.15) is 86.0 Å². The summed E-state index contributed by atoms with van der Waals surface area (Å²) < 4.78 is 0. The van der Waals surface area contributed by atoms with Gasteiger partial charge < -0.3 is 5.11 Å². The molecule has 3 saturated carbocycles. The van der Waals surface area contributed by atoms with Crippen LogP contribution < -0.4 is 0 Å². The molecule has 2 heteroatoms. The first-order valence-corrected chi connectivity index (χ1v) is 11.5. The topological polar surface area (TPSA) is 37.3 Å². The molecule has 0 aromatic heterocycles. The van der Waals surface area contributed by atoms with Crippen LogP contribution in [0.15, 0.2) is 11.6 Å². The third kappa shape index (κ3) is 3.39. The molecule has 4 aliphatic carbocycles. The van der Waals surface area contributed by atoms with Crippen molar-refractivity contribution in [1.82, 2.24) is 0 Å². The van der Waals surface area contributed by atoms with Crippen molar-refractivity contribution in [2.24, 2.45) is 40.4 Å². The third-order valence-electron chi connectivity index (χ3n) is 8.66. The summed E-state index contributed by atoms with van der Waals surface area (Å²) in [5.74, 6) is 10.0. The molecule has 0 aromatic rings. The van der Waals surface area contributed by atoms with Crippen LogP contribution in [0.2, 0.25) is 0 Å². The smallest absolute Gasteiger partial charge is 0.133 e. The lowest BCUT2D eigenvalue weighted by Crippen LogP contribution is -2.48. The van der Waals surface area contributed by atoms with Crippen LogP contribution >= 0.6 is 0 Å². The molecule has 0 radical (unpaired) electrons. The molecule has 0 heterocycles. The van der Waals surface area contributed by atoms with E-state index in [1.165, 1.54) is 24.8 Å². The molecule has 0 aromatic carbocycles. The average Bonchev–Trinajstić information content (AvgIpc) is 2.96. The lowest BCUT2D eigenvalue weighted by molar-refractivity contribution is -0.126. The van der Waals surface area contributed by atoms with Crippen LogP contribution in [0.5, 0.6) is 0 Å². The second kappa shape index (κ2) is 6.73. The van der Waals surface area contributed by atoms with E-state index in [4.69, 9.17) is 0 Å². The second-order valence-electron chi connectivity index (χ2n) is 11.6. The van der Waals surface area contributed by atoms with Gasteiger partial charge in [0.2, 0.25) is 0 Å². The number of carbonyl (C=O) groups excluding carboxylic acids is 1. The van der Waals surface area contributed by atoms with Crippen molar-refractivity contribution in [2.75, 3.05) is 0 Å². The largest absolute Gasteiger partial charge is 0.377 e. The van der Waals surface area contributed by atoms with Crippen molar-refractivity contribution in [3.8, 4) is 11.8 Å². The van der Waals surface area contributed by atoms with E-state index in [0.717, 1.165) is 43.9 Å². The van der Waals surface area contributed by atoms with E-state index in [2.05, 4.69) is 45.6 Å². The fourth-order valence-corrected chi connectivity index (χ4v) is 7.37. The SMILES string of the molecule is CC(=O)C1CCC2C3CC=C4CC(O)(C#CC(C)(C)C)CCC4C3CCC12C. The van der Waals surface area contributed by atoms with Gasteiger partial charge in [-0.1, -0.05) is 30.4 Å².